The molecule has 3 nitrogen and oxygen atoms in total. The van der Waals surface area contributed by atoms with Crippen LogP contribution >= 0.6 is 11.6 Å². The Hall–Kier alpha value is -3.46. The van der Waals surface area contributed by atoms with Gasteiger partial charge in [0.15, 0.2) is 0 Å². The Morgan fingerprint density at radius 2 is 1.42 bits per heavy atom. The topological polar surface area (TPSA) is 44.9 Å². The highest BCUT2D eigenvalue weighted by atomic mass is 35.5. The molecule has 4 rings (SSSR count). The fourth-order valence-corrected chi connectivity index (χ4v) is 3.55. The molecule has 0 spiro atoms. The van der Waals surface area contributed by atoms with Crippen LogP contribution in [0, 0.1) is 0 Å². The Morgan fingerprint density at radius 1 is 0.818 bits per heavy atom. The molecule has 0 aliphatic rings. The van der Waals surface area contributed by atoms with E-state index in [1.807, 2.05) is 0 Å². The van der Waals surface area contributed by atoms with Gasteiger partial charge in [0.2, 0.25) is 5.78 Å². The Kier molecular flexibility index (Phi) is 5.61. The fraction of sp³-hybridized carbons (Fsp3) is 0.0870. The molecule has 0 saturated heterocycles. The largest absolute Gasteiger partial charge is 0.416 e. The van der Waals surface area contributed by atoms with Gasteiger partial charge >= 0.3 is 12.4 Å². The number of hydrogen-bond acceptors (Lipinski definition) is 2. The SMILES string of the molecule is O=C(c1ccccc1)c1[nH]c2cc(Cl)ccc2c1Nc1cc(C(F)(F)F)cc(C(F)(F)F)c1. The van der Waals surface area contributed by atoms with E-state index in [0.717, 1.165) is 0 Å². The van der Waals surface area contributed by atoms with E-state index in [-0.39, 0.29) is 23.0 Å². The molecule has 0 radical (unpaired) electrons. The van der Waals surface area contributed by atoms with Crippen molar-refractivity contribution in [2.45, 2.75) is 12.4 Å². The highest BCUT2D eigenvalue weighted by Gasteiger charge is 2.37. The quantitative estimate of drug-likeness (QED) is 0.230. The van der Waals surface area contributed by atoms with Crippen LogP contribution in [0.4, 0.5) is 37.7 Å². The lowest BCUT2D eigenvalue weighted by atomic mass is 10.1. The van der Waals surface area contributed by atoms with Crippen molar-refractivity contribution in [1.82, 2.24) is 4.98 Å². The molecule has 0 unspecified atom stereocenters. The molecule has 3 aromatic carbocycles. The number of alkyl halides is 6. The van der Waals surface area contributed by atoms with Crippen molar-refractivity contribution < 1.29 is 31.1 Å². The van der Waals surface area contributed by atoms with Crippen LogP contribution in [0.5, 0.6) is 0 Å². The van der Waals surface area contributed by atoms with E-state index in [0.29, 0.717) is 28.1 Å². The highest BCUT2D eigenvalue weighted by molar-refractivity contribution is 6.31. The smallest absolute Gasteiger partial charge is 0.353 e. The first kappa shape index (κ1) is 22.7. The third kappa shape index (κ3) is 4.68. The Balaban J connectivity index is 1.89. The normalized spacial score (nSPS) is 12.2. The van der Waals surface area contributed by atoms with Crippen molar-refractivity contribution >= 4 is 39.7 Å². The molecule has 0 atom stereocenters. The highest BCUT2D eigenvalue weighted by Crippen LogP contribution is 2.40. The molecule has 4 aromatic rings. The van der Waals surface area contributed by atoms with E-state index in [1.54, 1.807) is 18.2 Å². The van der Waals surface area contributed by atoms with Gasteiger partial charge < -0.3 is 10.3 Å². The molecule has 33 heavy (non-hydrogen) atoms. The number of aromatic nitrogens is 1. The summed E-state index contributed by atoms with van der Waals surface area (Å²) in [5, 5.41) is 3.29. The van der Waals surface area contributed by atoms with Crippen LogP contribution < -0.4 is 5.32 Å². The number of fused-ring (bicyclic) bond motifs is 1. The monoisotopic (exact) mass is 482 g/mol. The molecule has 0 aliphatic heterocycles. The van der Waals surface area contributed by atoms with Gasteiger partial charge in [0, 0.05) is 27.2 Å². The molecule has 0 bridgehead atoms. The summed E-state index contributed by atoms with van der Waals surface area (Å²) in [5.41, 5.74) is -2.77. The summed E-state index contributed by atoms with van der Waals surface area (Å²) in [6.07, 6.45) is -10.0. The van der Waals surface area contributed by atoms with Gasteiger partial charge in [-0.15, -0.1) is 0 Å². The lowest BCUT2D eigenvalue weighted by Crippen LogP contribution is -2.12. The van der Waals surface area contributed by atoms with Crippen LogP contribution in [0.2, 0.25) is 5.02 Å². The maximum Gasteiger partial charge on any atom is 0.416 e. The second-order valence-electron chi connectivity index (χ2n) is 7.18. The molecule has 0 fully saturated rings. The van der Waals surface area contributed by atoms with Crippen LogP contribution in [-0.4, -0.2) is 10.8 Å². The number of ketones is 1. The summed E-state index contributed by atoms with van der Waals surface area (Å²) < 4.78 is 79.6. The first-order valence-electron chi connectivity index (χ1n) is 9.41. The maximum absolute atomic E-state index is 13.3. The van der Waals surface area contributed by atoms with Crippen molar-refractivity contribution in [3.05, 3.63) is 94.1 Å². The minimum Gasteiger partial charge on any atom is -0.353 e. The van der Waals surface area contributed by atoms with Gasteiger partial charge in [-0.25, -0.2) is 0 Å². The average molecular weight is 483 g/mol. The summed E-state index contributed by atoms with van der Waals surface area (Å²) in [5.74, 6) is -0.506. The predicted molar refractivity (Wildman–Crippen MR) is 113 cm³/mol. The van der Waals surface area contributed by atoms with Crippen molar-refractivity contribution in [1.29, 1.82) is 0 Å². The molecule has 0 aliphatic carbocycles. The van der Waals surface area contributed by atoms with Crippen LogP contribution in [-0.2, 0) is 12.4 Å². The van der Waals surface area contributed by atoms with Gasteiger partial charge in [0.05, 0.1) is 16.8 Å². The van der Waals surface area contributed by atoms with E-state index in [1.165, 1.54) is 30.3 Å². The van der Waals surface area contributed by atoms with E-state index in [9.17, 15) is 31.1 Å². The minimum atomic E-state index is -5.01. The molecule has 0 amide bonds. The van der Waals surface area contributed by atoms with Gasteiger partial charge in [0.1, 0.15) is 5.69 Å². The van der Waals surface area contributed by atoms with Crippen LogP contribution in [0.15, 0.2) is 66.7 Å². The lowest BCUT2D eigenvalue weighted by molar-refractivity contribution is -0.143. The van der Waals surface area contributed by atoms with E-state index >= 15 is 0 Å². The number of hydrogen-bond donors (Lipinski definition) is 2. The zero-order chi connectivity index (χ0) is 24.0. The summed E-state index contributed by atoms with van der Waals surface area (Å²) in [6.45, 7) is 0. The van der Waals surface area contributed by atoms with E-state index < -0.39 is 35.0 Å². The number of anilines is 2. The summed E-state index contributed by atoms with van der Waals surface area (Å²) >= 11 is 6.00. The number of nitrogens with one attached hydrogen (secondary N) is 2. The Labute approximate surface area is 188 Å². The van der Waals surface area contributed by atoms with Crippen LogP contribution in [0.25, 0.3) is 10.9 Å². The fourth-order valence-electron chi connectivity index (χ4n) is 3.38. The molecule has 2 N–H and O–H groups in total. The number of aromatic amines is 1. The Bertz CT molecular complexity index is 1310. The zero-order valence-electron chi connectivity index (χ0n) is 16.4. The van der Waals surface area contributed by atoms with Gasteiger partial charge in [-0.1, -0.05) is 41.9 Å². The second kappa shape index (κ2) is 8.15. The summed E-state index contributed by atoms with van der Waals surface area (Å²) in [4.78, 5) is 16.0. The second-order valence-corrected chi connectivity index (χ2v) is 7.62. The third-order valence-electron chi connectivity index (χ3n) is 4.88. The van der Waals surface area contributed by atoms with E-state index in [2.05, 4.69) is 10.3 Å². The molecular weight excluding hydrogens is 470 g/mol. The number of carbonyl (C=O) groups is 1. The van der Waals surface area contributed by atoms with Crippen LogP contribution in [0.3, 0.4) is 0 Å². The number of carbonyl (C=O) groups excluding carboxylic acids is 1. The number of halogens is 7. The molecule has 0 saturated carbocycles. The molecule has 10 heteroatoms. The number of H-pyrrole nitrogens is 1. The maximum atomic E-state index is 13.3. The average Bonchev–Trinajstić information content (AvgIpc) is 3.09. The first-order chi connectivity index (χ1) is 15.4. The van der Waals surface area contributed by atoms with Gasteiger partial charge in [0.25, 0.3) is 0 Å². The predicted octanol–water partition coefficient (Wildman–Crippen LogP) is 7.83. The van der Waals surface area contributed by atoms with Gasteiger partial charge in [-0.2, -0.15) is 26.3 Å². The zero-order valence-corrected chi connectivity index (χ0v) is 17.2. The summed E-state index contributed by atoms with van der Waals surface area (Å²) in [7, 11) is 0. The minimum absolute atomic E-state index is 0.0305. The van der Waals surface area contributed by atoms with Gasteiger partial charge in [-0.3, -0.25) is 4.79 Å². The lowest BCUT2D eigenvalue weighted by Gasteiger charge is -2.16. The van der Waals surface area contributed by atoms with Crippen molar-refractivity contribution in [3.63, 3.8) is 0 Å². The number of benzene rings is 3. The third-order valence-corrected chi connectivity index (χ3v) is 5.12. The summed E-state index contributed by atoms with van der Waals surface area (Å²) in [6, 6.07) is 13.7. The first-order valence-corrected chi connectivity index (χ1v) is 9.79. The molecule has 170 valence electrons. The standard InChI is InChI=1S/C23H13ClF6N2O/c24-15-6-7-17-18(11-15)32-20(21(33)12-4-2-1-3-5-12)19(17)31-16-9-13(22(25,26)27)8-14(10-16)23(28,29)30/h1-11,31-32H. The number of rotatable bonds is 4. The van der Waals surface area contributed by atoms with Crippen LogP contribution in [0.1, 0.15) is 27.2 Å². The van der Waals surface area contributed by atoms with Crippen molar-refractivity contribution in [2.24, 2.45) is 0 Å². The Morgan fingerprint density at radius 3 is 2.00 bits per heavy atom. The van der Waals surface area contributed by atoms with Crippen molar-refractivity contribution in [2.75, 3.05) is 5.32 Å². The molecular formula is C23H13ClF6N2O. The molecule has 1 aromatic heterocycles. The van der Waals surface area contributed by atoms with E-state index in [4.69, 9.17) is 11.6 Å². The van der Waals surface area contributed by atoms with Crippen molar-refractivity contribution in [3.8, 4) is 0 Å². The van der Waals surface area contributed by atoms with Gasteiger partial charge in [-0.05, 0) is 36.4 Å². The molecule has 1 heterocycles.